The van der Waals surface area contributed by atoms with Crippen LogP contribution in [0, 0.1) is 0 Å². The molecule has 2 unspecified atom stereocenters. The van der Waals surface area contributed by atoms with Gasteiger partial charge in [-0.1, -0.05) is 6.42 Å². The van der Waals surface area contributed by atoms with E-state index in [1.807, 2.05) is 13.8 Å². The Morgan fingerprint density at radius 2 is 1.88 bits per heavy atom. The molecule has 4 nitrogen and oxygen atoms in total. The molecular weight excluding hydrogens is 218 g/mol. The molecular formula is C13H25NO3. The van der Waals surface area contributed by atoms with Gasteiger partial charge in [0.2, 0.25) is 0 Å². The first-order valence-corrected chi connectivity index (χ1v) is 6.66. The molecule has 0 bridgehead atoms. The van der Waals surface area contributed by atoms with E-state index in [9.17, 15) is 4.79 Å². The fraction of sp³-hybridized carbons (Fsp3) is 0.923. The predicted octanol–water partition coefficient (Wildman–Crippen LogP) is 2.00. The summed E-state index contributed by atoms with van der Waals surface area (Å²) in [6, 6.07) is 0. The average molecular weight is 243 g/mol. The van der Waals surface area contributed by atoms with E-state index in [0.29, 0.717) is 13.0 Å². The molecule has 0 aromatic rings. The quantitative estimate of drug-likeness (QED) is 0.572. The van der Waals surface area contributed by atoms with Gasteiger partial charge in [-0.05, 0) is 33.2 Å². The molecule has 1 aliphatic heterocycles. The van der Waals surface area contributed by atoms with Gasteiger partial charge >= 0.3 is 5.97 Å². The van der Waals surface area contributed by atoms with Crippen LogP contribution in [0.5, 0.6) is 0 Å². The first-order chi connectivity index (χ1) is 8.11. The van der Waals surface area contributed by atoms with Gasteiger partial charge in [-0.2, -0.15) is 0 Å². The molecule has 0 radical (unpaired) electrons. The molecule has 0 aromatic carbocycles. The van der Waals surface area contributed by atoms with Crippen LogP contribution in [0.1, 0.15) is 52.4 Å². The first-order valence-electron chi connectivity index (χ1n) is 6.66. The van der Waals surface area contributed by atoms with Crippen molar-refractivity contribution in [1.82, 2.24) is 0 Å². The van der Waals surface area contributed by atoms with Crippen molar-refractivity contribution in [2.75, 3.05) is 6.54 Å². The van der Waals surface area contributed by atoms with Gasteiger partial charge in [-0.25, -0.2) is 0 Å². The predicted molar refractivity (Wildman–Crippen MR) is 66.6 cm³/mol. The third-order valence-corrected chi connectivity index (χ3v) is 3.04. The topological polar surface area (TPSA) is 61.5 Å². The lowest BCUT2D eigenvalue weighted by molar-refractivity contribution is -0.159. The maximum Gasteiger partial charge on any atom is 0.306 e. The van der Waals surface area contributed by atoms with Crippen LogP contribution in [-0.2, 0) is 14.3 Å². The van der Waals surface area contributed by atoms with Crippen molar-refractivity contribution >= 4 is 5.97 Å². The minimum absolute atomic E-state index is 0.0377. The van der Waals surface area contributed by atoms with E-state index in [2.05, 4.69) is 0 Å². The van der Waals surface area contributed by atoms with Gasteiger partial charge in [0, 0.05) is 19.3 Å². The second kappa shape index (κ2) is 7.67. The molecule has 100 valence electrons. The zero-order valence-electron chi connectivity index (χ0n) is 11.0. The highest BCUT2D eigenvalue weighted by molar-refractivity contribution is 5.69. The standard InChI is InChI=1S/C13H25NO3/c1-10-8-12(9-11(2)16-10)17-13(15)6-4-3-5-7-14/h10-12H,3-9,14H2,1-2H3. The summed E-state index contributed by atoms with van der Waals surface area (Å²) in [6.45, 7) is 4.75. The Morgan fingerprint density at radius 3 is 2.47 bits per heavy atom. The summed E-state index contributed by atoms with van der Waals surface area (Å²) in [5.74, 6) is -0.0756. The third kappa shape index (κ3) is 6.03. The Bertz CT molecular complexity index is 223. The number of ether oxygens (including phenoxy) is 2. The molecule has 1 rings (SSSR count). The summed E-state index contributed by atoms with van der Waals surface area (Å²) in [7, 11) is 0. The molecule has 2 N–H and O–H groups in total. The number of hydrogen-bond donors (Lipinski definition) is 1. The van der Waals surface area contributed by atoms with E-state index >= 15 is 0 Å². The SMILES string of the molecule is CC1CC(OC(=O)CCCCCN)CC(C)O1. The lowest BCUT2D eigenvalue weighted by atomic mass is 10.0. The van der Waals surface area contributed by atoms with Crippen LogP contribution in [0.25, 0.3) is 0 Å². The number of carbonyl (C=O) groups is 1. The summed E-state index contributed by atoms with van der Waals surface area (Å²) in [4.78, 5) is 11.6. The van der Waals surface area contributed by atoms with Gasteiger partial charge in [0.1, 0.15) is 6.10 Å². The zero-order valence-corrected chi connectivity index (χ0v) is 11.0. The molecule has 1 heterocycles. The monoisotopic (exact) mass is 243 g/mol. The zero-order chi connectivity index (χ0) is 12.7. The summed E-state index contributed by atoms with van der Waals surface area (Å²) in [5, 5.41) is 0. The highest BCUT2D eigenvalue weighted by Crippen LogP contribution is 2.22. The fourth-order valence-electron chi connectivity index (χ4n) is 2.28. The van der Waals surface area contributed by atoms with Gasteiger partial charge in [0.25, 0.3) is 0 Å². The van der Waals surface area contributed by atoms with Crippen molar-refractivity contribution in [3.63, 3.8) is 0 Å². The Morgan fingerprint density at radius 1 is 1.24 bits per heavy atom. The van der Waals surface area contributed by atoms with E-state index in [0.717, 1.165) is 32.1 Å². The highest BCUT2D eigenvalue weighted by atomic mass is 16.6. The molecule has 1 saturated heterocycles. The van der Waals surface area contributed by atoms with Gasteiger partial charge < -0.3 is 15.2 Å². The van der Waals surface area contributed by atoms with Crippen molar-refractivity contribution in [1.29, 1.82) is 0 Å². The second-order valence-corrected chi connectivity index (χ2v) is 4.94. The van der Waals surface area contributed by atoms with E-state index < -0.39 is 0 Å². The largest absolute Gasteiger partial charge is 0.462 e. The van der Waals surface area contributed by atoms with Gasteiger partial charge in [0.05, 0.1) is 12.2 Å². The molecule has 0 aromatic heterocycles. The van der Waals surface area contributed by atoms with Crippen molar-refractivity contribution in [3.05, 3.63) is 0 Å². The minimum atomic E-state index is -0.0756. The molecule has 1 aliphatic rings. The Labute approximate surface area is 104 Å². The first kappa shape index (κ1) is 14.5. The highest BCUT2D eigenvalue weighted by Gasteiger charge is 2.26. The molecule has 17 heavy (non-hydrogen) atoms. The summed E-state index contributed by atoms with van der Waals surface area (Å²) >= 11 is 0. The number of nitrogens with two attached hydrogens (primary N) is 1. The molecule has 4 heteroatoms. The van der Waals surface area contributed by atoms with Crippen molar-refractivity contribution in [2.45, 2.75) is 70.7 Å². The van der Waals surface area contributed by atoms with E-state index in [1.54, 1.807) is 0 Å². The molecule has 0 saturated carbocycles. The van der Waals surface area contributed by atoms with Crippen molar-refractivity contribution in [3.8, 4) is 0 Å². The number of rotatable bonds is 6. The molecule has 0 aliphatic carbocycles. The molecule has 2 atom stereocenters. The van der Waals surface area contributed by atoms with Gasteiger partial charge in [-0.3, -0.25) is 4.79 Å². The molecule has 0 spiro atoms. The number of esters is 1. The van der Waals surface area contributed by atoms with E-state index in [1.165, 1.54) is 0 Å². The molecule has 1 fully saturated rings. The normalized spacial score (nSPS) is 29.0. The Balaban J connectivity index is 2.16. The van der Waals surface area contributed by atoms with Crippen LogP contribution >= 0.6 is 0 Å². The second-order valence-electron chi connectivity index (χ2n) is 4.94. The van der Waals surface area contributed by atoms with Crippen LogP contribution in [0.15, 0.2) is 0 Å². The van der Waals surface area contributed by atoms with Crippen LogP contribution in [0.3, 0.4) is 0 Å². The number of hydrogen-bond acceptors (Lipinski definition) is 4. The fourth-order valence-corrected chi connectivity index (χ4v) is 2.28. The van der Waals surface area contributed by atoms with E-state index in [-0.39, 0.29) is 24.3 Å². The van der Waals surface area contributed by atoms with E-state index in [4.69, 9.17) is 15.2 Å². The van der Waals surface area contributed by atoms with Crippen LogP contribution in [0.4, 0.5) is 0 Å². The summed E-state index contributed by atoms with van der Waals surface area (Å²) < 4.78 is 11.1. The van der Waals surface area contributed by atoms with Gasteiger partial charge in [0.15, 0.2) is 0 Å². The van der Waals surface area contributed by atoms with Gasteiger partial charge in [-0.15, -0.1) is 0 Å². The minimum Gasteiger partial charge on any atom is -0.462 e. The summed E-state index contributed by atoms with van der Waals surface area (Å²) in [6.07, 6.45) is 5.44. The Kier molecular flexibility index (Phi) is 6.52. The Hall–Kier alpha value is -0.610. The smallest absolute Gasteiger partial charge is 0.306 e. The third-order valence-electron chi connectivity index (χ3n) is 3.04. The lowest BCUT2D eigenvalue weighted by Gasteiger charge is -2.31. The van der Waals surface area contributed by atoms with Crippen LogP contribution in [-0.4, -0.2) is 30.8 Å². The van der Waals surface area contributed by atoms with Crippen molar-refractivity contribution < 1.29 is 14.3 Å². The summed E-state index contributed by atoms with van der Waals surface area (Å²) in [5.41, 5.74) is 5.40. The number of unbranched alkanes of at least 4 members (excludes halogenated alkanes) is 2. The average Bonchev–Trinajstić information content (AvgIpc) is 2.23. The van der Waals surface area contributed by atoms with Crippen molar-refractivity contribution in [2.24, 2.45) is 5.73 Å². The van der Waals surface area contributed by atoms with Crippen LogP contribution in [0.2, 0.25) is 0 Å². The maximum absolute atomic E-state index is 11.6. The maximum atomic E-state index is 11.6. The lowest BCUT2D eigenvalue weighted by Crippen LogP contribution is -2.35. The van der Waals surface area contributed by atoms with Crippen LogP contribution < -0.4 is 5.73 Å². The molecule has 0 amide bonds. The number of carbonyl (C=O) groups excluding carboxylic acids is 1.